The second-order valence-electron chi connectivity index (χ2n) is 3.71. The van der Waals surface area contributed by atoms with Gasteiger partial charge in [-0.1, -0.05) is 13.3 Å². The number of hydrogen-bond donors (Lipinski definition) is 1. The zero-order chi connectivity index (χ0) is 12.1. The average Bonchev–Trinajstić information content (AvgIpc) is 2.25. The van der Waals surface area contributed by atoms with Crippen LogP contribution in [-0.2, 0) is 0 Å². The van der Waals surface area contributed by atoms with Gasteiger partial charge in [-0.2, -0.15) is 0 Å². The summed E-state index contributed by atoms with van der Waals surface area (Å²) in [4.78, 5) is 11.9. The molecule has 0 aliphatic heterocycles. The molecule has 1 rings (SSSR count). The monoisotopic (exact) mass is 224 g/mol. The zero-order valence-corrected chi connectivity index (χ0v) is 9.51. The highest BCUT2D eigenvalue weighted by Gasteiger charge is 2.13. The molecule has 0 aromatic heterocycles. The van der Waals surface area contributed by atoms with Gasteiger partial charge in [0.2, 0.25) is 0 Å². The molecule has 0 spiro atoms. The number of phenols is 1. The van der Waals surface area contributed by atoms with Gasteiger partial charge in [-0.05, 0) is 12.5 Å². The Morgan fingerprint density at radius 2 is 2.19 bits per heavy atom. The van der Waals surface area contributed by atoms with Gasteiger partial charge in [0, 0.05) is 31.4 Å². The van der Waals surface area contributed by atoms with E-state index in [0.29, 0.717) is 0 Å². The van der Waals surface area contributed by atoms with Gasteiger partial charge in [0.05, 0.1) is 4.92 Å². The summed E-state index contributed by atoms with van der Waals surface area (Å²) in [5.41, 5.74) is 0.532. The van der Waals surface area contributed by atoms with Crippen LogP contribution in [0.25, 0.3) is 0 Å². The van der Waals surface area contributed by atoms with Crippen molar-refractivity contribution in [2.75, 3.05) is 18.5 Å². The molecular weight excluding hydrogens is 208 g/mol. The van der Waals surface area contributed by atoms with E-state index in [1.165, 1.54) is 12.1 Å². The number of benzene rings is 1. The Hall–Kier alpha value is -1.78. The molecule has 0 unspecified atom stereocenters. The molecule has 1 aromatic carbocycles. The number of rotatable bonds is 5. The van der Waals surface area contributed by atoms with E-state index in [9.17, 15) is 15.2 Å². The van der Waals surface area contributed by atoms with Crippen LogP contribution in [0.1, 0.15) is 19.8 Å². The number of anilines is 1. The molecule has 0 radical (unpaired) electrons. The Morgan fingerprint density at radius 3 is 2.69 bits per heavy atom. The third-order valence-corrected chi connectivity index (χ3v) is 2.44. The van der Waals surface area contributed by atoms with Crippen molar-refractivity contribution in [3.05, 3.63) is 28.3 Å². The molecule has 16 heavy (non-hydrogen) atoms. The fraction of sp³-hybridized carbons (Fsp3) is 0.455. The first-order chi connectivity index (χ1) is 7.56. The highest BCUT2D eigenvalue weighted by atomic mass is 16.6. The molecule has 0 atom stereocenters. The number of aromatic hydroxyl groups is 1. The molecule has 0 saturated carbocycles. The van der Waals surface area contributed by atoms with E-state index in [1.54, 1.807) is 6.07 Å². The lowest BCUT2D eigenvalue weighted by Crippen LogP contribution is -2.18. The van der Waals surface area contributed by atoms with Crippen LogP contribution in [0.5, 0.6) is 5.75 Å². The molecule has 5 heteroatoms. The summed E-state index contributed by atoms with van der Waals surface area (Å²) in [5.74, 6) is -0.286. The predicted molar refractivity (Wildman–Crippen MR) is 62.9 cm³/mol. The van der Waals surface area contributed by atoms with E-state index in [2.05, 4.69) is 6.92 Å². The van der Waals surface area contributed by atoms with Crippen molar-refractivity contribution in [2.24, 2.45) is 0 Å². The second kappa shape index (κ2) is 5.34. The molecule has 0 saturated heterocycles. The Bertz CT molecular complexity index is 379. The van der Waals surface area contributed by atoms with Crippen LogP contribution >= 0.6 is 0 Å². The first-order valence-electron chi connectivity index (χ1n) is 5.24. The lowest BCUT2D eigenvalue weighted by Gasteiger charge is -2.18. The molecule has 0 bridgehead atoms. The standard InChI is InChI=1S/C11H16N2O3/c1-3-4-7-12(2)9-5-6-10(13(15)16)11(14)8-9/h5-6,8,14H,3-4,7H2,1-2H3. The minimum absolute atomic E-state index is 0.257. The summed E-state index contributed by atoms with van der Waals surface area (Å²) in [7, 11) is 1.90. The Morgan fingerprint density at radius 1 is 1.50 bits per heavy atom. The van der Waals surface area contributed by atoms with Crippen molar-refractivity contribution in [3.8, 4) is 5.75 Å². The molecule has 0 fully saturated rings. The Kier molecular flexibility index (Phi) is 4.10. The molecule has 88 valence electrons. The van der Waals surface area contributed by atoms with Crippen molar-refractivity contribution in [1.82, 2.24) is 0 Å². The summed E-state index contributed by atoms with van der Waals surface area (Å²) in [5, 5.41) is 20.0. The molecule has 1 aromatic rings. The van der Waals surface area contributed by atoms with Gasteiger partial charge in [0.25, 0.3) is 0 Å². The van der Waals surface area contributed by atoms with Crippen LogP contribution in [0.2, 0.25) is 0 Å². The van der Waals surface area contributed by atoms with Crippen molar-refractivity contribution in [2.45, 2.75) is 19.8 Å². The van der Waals surface area contributed by atoms with E-state index in [-0.39, 0.29) is 11.4 Å². The third kappa shape index (κ3) is 2.85. The number of phenolic OH excluding ortho intramolecular Hbond substituents is 1. The molecule has 5 nitrogen and oxygen atoms in total. The summed E-state index contributed by atoms with van der Waals surface area (Å²) < 4.78 is 0. The van der Waals surface area contributed by atoms with Crippen LogP contribution in [0, 0.1) is 10.1 Å². The van der Waals surface area contributed by atoms with Gasteiger partial charge >= 0.3 is 5.69 Å². The van der Waals surface area contributed by atoms with Crippen LogP contribution in [0.3, 0.4) is 0 Å². The summed E-state index contributed by atoms with van der Waals surface area (Å²) >= 11 is 0. The summed E-state index contributed by atoms with van der Waals surface area (Å²) in [6.07, 6.45) is 2.14. The SMILES string of the molecule is CCCCN(C)c1ccc([N+](=O)[O-])c(O)c1. The van der Waals surface area contributed by atoms with Gasteiger partial charge in [-0.25, -0.2) is 0 Å². The molecule has 0 amide bonds. The van der Waals surface area contributed by atoms with Crippen LogP contribution in [0.15, 0.2) is 18.2 Å². The number of nitro groups is 1. The highest BCUT2D eigenvalue weighted by molar-refractivity contribution is 5.58. The molecular formula is C11H16N2O3. The molecule has 0 aliphatic rings. The average molecular weight is 224 g/mol. The molecule has 0 heterocycles. The lowest BCUT2D eigenvalue weighted by atomic mass is 10.2. The smallest absolute Gasteiger partial charge is 0.310 e. The van der Waals surface area contributed by atoms with Gasteiger partial charge < -0.3 is 10.0 Å². The fourth-order valence-corrected chi connectivity index (χ4v) is 1.43. The number of nitrogens with zero attached hydrogens (tertiary/aromatic N) is 2. The van der Waals surface area contributed by atoms with Crippen molar-refractivity contribution >= 4 is 11.4 Å². The molecule has 0 aliphatic carbocycles. The largest absolute Gasteiger partial charge is 0.502 e. The second-order valence-corrected chi connectivity index (χ2v) is 3.71. The number of hydrogen-bond acceptors (Lipinski definition) is 4. The fourth-order valence-electron chi connectivity index (χ4n) is 1.43. The van der Waals surface area contributed by atoms with E-state index in [0.717, 1.165) is 25.1 Å². The maximum atomic E-state index is 10.5. The normalized spacial score (nSPS) is 10.1. The maximum absolute atomic E-state index is 10.5. The number of nitro benzene ring substituents is 1. The van der Waals surface area contributed by atoms with Crippen LogP contribution in [-0.4, -0.2) is 23.6 Å². The summed E-state index contributed by atoms with van der Waals surface area (Å²) in [6.45, 7) is 2.97. The Labute approximate surface area is 94.5 Å². The van der Waals surface area contributed by atoms with Crippen LogP contribution < -0.4 is 4.90 Å². The topological polar surface area (TPSA) is 66.6 Å². The third-order valence-electron chi connectivity index (χ3n) is 2.44. The van der Waals surface area contributed by atoms with Gasteiger partial charge in [0.1, 0.15) is 0 Å². The quantitative estimate of drug-likeness (QED) is 0.616. The first kappa shape index (κ1) is 12.3. The minimum Gasteiger partial charge on any atom is -0.502 e. The van der Waals surface area contributed by atoms with E-state index >= 15 is 0 Å². The van der Waals surface area contributed by atoms with Crippen molar-refractivity contribution in [1.29, 1.82) is 0 Å². The predicted octanol–water partition coefficient (Wildman–Crippen LogP) is 2.54. The highest BCUT2D eigenvalue weighted by Crippen LogP contribution is 2.29. The van der Waals surface area contributed by atoms with Gasteiger partial charge in [0.15, 0.2) is 5.75 Å². The first-order valence-corrected chi connectivity index (χ1v) is 5.24. The maximum Gasteiger partial charge on any atom is 0.310 e. The lowest BCUT2D eigenvalue weighted by molar-refractivity contribution is -0.385. The van der Waals surface area contributed by atoms with Crippen molar-refractivity contribution < 1.29 is 10.0 Å². The minimum atomic E-state index is -0.592. The van der Waals surface area contributed by atoms with Gasteiger partial charge in [-0.15, -0.1) is 0 Å². The van der Waals surface area contributed by atoms with Crippen LogP contribution in [0.4, 0.5) is 11.4 Å². The van der Waals surface area contributed by atoms with E-state index in [1.807, 2.05) is 11.9 Å². The summed E-state index contributed by atoms with van der Waals surface area (Å²) in [6, 6.07) is 4.40. The van der Waals surface area contributed by atoms with E-state index < -0.39 is 4.92 Å². The van der Waals surface area contributed by atoms with Crippen molar-refractivity contribution in [3.63, 3.8) is 0 Å². The van der Waals surface area contributed by atoms with E-state index in [4.69, 9.17) is 0 Å². The van der Waals surface area contributed by atoms with Gasteiger partial charge in [-0.3, -0.25) is 10.1 Å². The molecule has 1 N–H and O–H groups in total. The Balaban J connectivity index is 2.84. The number of unbranched alkanes of at least 4 members (excludes halogenated alkanes) is 1. The zero-order valence-electron chi connectivity index (χ0n) is 9.51.